The summed E-state index contributed by atoms with van der Waals surface area (Å²) in [7, 11) is 0. The molecule has 18 heavy (non-hydrogen) atoms. The molecule has 3 nitrogen and oxygen atoms in total. The SMILES string of the molecule is O=Cc1cc(Br)cnc1NCc1ccc(Cl)cc1. The van der Waals surface area contributed by atoms with Gasteiger partial charge in [0.1, 0.15) is 5.82 Å². The molecule has 1 aromatic carbocycles. The standard InChI is InChI=1S/C13H10BrClN2O/c14-11-5-10(8-18)13(17-7-11)16-6-9-1-3-12(15)4-2-9/h1-5,7-8H,6H2,(H,16,17). The van der Waals surface area contributed by atoms with Gasteiger partial charge in [-0.25, -0.2) is 4.98 Å². The number of anilines is 1. The van der Waals surface area contributed by atoms with E-state index in [0.717, 1.165) is 16.3 Å². The van der Waals surface area contributed by atoms with Crippen molar-refractivity contribution >= 4 is 39.6 Å². The number of aromatic nitrogens is 1. The normalized spacial score (nSPS) is 10.1. The Morgan fingerprint density at radius 3 is 2.72 bits per heavy atom. The third kappa shape index (κ3) is 3.31. The van der Waals surface area contributed by atoms with Gasteiger partial charge in [0.05, 0.1) is 5.56 Å². The Balaban J connectivity index is 2.10. The van der Waals surface area contributed by atoms with Gasteiger partial charge >= 0.3 is 0 Å². The maximum atomic E-state index is 10.9. The first-order valence-corrected chi connectivity index (χ1v) is 6.45. The van der Waals surface area contributed by atoms with E-state index in [1.165, 1.54) is 0 Å². The summed E-state index contributed by atoms with van der Waals surface area (Å²) in [5.41, 5.74) is 1.60. The number of rotatable bonds is 4. The number of nitrogens with one attached hydrogen (secondary N) is 1. The van der Waals surface area contributed by atoms with E-state index in [0.29, 0.717) is 22.9 Å². The molecule has 0 aliphatic heterocycles. The lowest BCUT2D eigenvalue weighted by atomic mass is 10.2. The number of hydrogen-bond acceptors (Lipinski definition) is 3. The first-order chi connectivity index (χ1) is 8.69. The fourth-order valence-corrected chi connectivity index (χ4v) is 1.96. The van der Waals surface area contributed by atoms with Crippen molar-refractivity contribution in [2.75, 3.05) is 5.32 Å². The van der Waals surface area contributed by atoms with E-state index in [9.17, 15) is 4.79 Å². The van der Waals surface area contributed by atoms with E-state index in [-0.39, 0.29) is 0 Å². The van der Waals surface area contributed by atoms with Crippen molar-refractivity contribution in [3.63, 3.8) is 0 Å². The van der Waals surface area contributed by atoms with Gasteiger partial charge in [0.2, 0.25) is 0 Å². The number of aldehydes is 1. The minimum absolute atomic E-state index is 0.526. The number of hydrogen-bond donors (Lipinski definition) is 1. The minimum Gasteiger partial charge on any atom is -0.365 e. The second-order valence-corrected chi connectivity index (χ2v) is 5.04. The van der Waals surface area contributed by atoms with Gasteiger partial charge < -0.3 is 5.32 Å². The van der Waals surface area contributed by atoms with Crippen LogP contribution in [-0.4, -0.2) is 11.3 Å². The highest BCUT2D eigenvalue weighted by atomic mass is 79.9. The van der Waals surface area contributed by atoms with Crippen LogP contribution in [0.5, 0.6) is 0 Å². The predicted molar refractivity (Wildman–Crippen MR) is 76.1 cm³/mol. The molecule has 1 heterocycles. The van der Waals surface area contributed by atoms with Crippen LogP contribution in [0.4, 0.5) is 5.82 Å². The fourth-order valence-electron chi connectivity index (χ4n) is 1.48. The van der Waals surface area contributed by atoms with Crippen molar-refractivity contribution in [1.29, 1.82) is 0 Å². The third-order valence-corrected chi connectivity index (χ3v) is 3.07. The van der Waals surface area contributed by atoms with Crippen LogP contribution in [0.3, 0.4) is 0 Å². The summed E-state index contributed by atoms with van der Waals surface area (Å²) < 4.78 is 0.779. The van der Waals surface area contributed by atoms with Gasteiger partial charge in [-0.3, -0.25) is 4.79 Å². The van der Waals surface area contributed by atoms with Crippen LogP contribution in [0.25, 0.3) is 0 Å². The number of halogens is 2. The maximum Gasteiger partial charge on any atom is 0.153 e. The van der Waals surface area contributed by atoms with Gasteiger partial charge in [-0.2, -0.15) is 0 Å². The molecule has 0 amide bonds. The second-order valence-electron chi connectivity index (χ2n) is 3.69. The summed E-state index contributed by atoms with van der Waals surface area (Å²) >= 11 is 9.09. The summed E-state index contributed by atoms with van der Waals surface area (Å²) in [6.07, 6.45) is 2.43. The number of pyridine rings is 1. The molecule has 2 aromatic rings. The molecular weight excluding hydrogens is 316 g/mol. The van der Waals surface area contributed by atoms with Crippen LogP contribution in [0.2, 0.25) is 5.02 Å². The second kappa shape index (κ2) is 5.98. The molecule has 0 atom stereocenters. The molecule has 0 spiro atoms. The summed E-state index contributed by atoms with van der Waals surface area (Å²) in [6.45, 7) is 0.590. The zero-order valence-corrected chi connectivity index (χ0v) is 11.7. The lowest BCUT2D eigenvalue weighted by Crippen LogP contribution is -2.04. The minimum atomic E-state index is 0.526. The van der Waals surface area contributed by atoms with Crippen molar-refractivity contribution in [2.24, 2.45) is 0 Å². The van der Waals surface area contributed by atoms with Crippen molar-refractivity contribution in [2.45, 2.75) is 6.54 Å². The maximum absolute atomic E-state index is 10.9. The average molecular weight is 326 g/mol. The number of nitrogens with zero attached hydrogens (tertiary/aromatic N) is 1. The quantitative estimate of drug-likeness (QED) is 0.866. The summed E-state index contributed by atoms with van der Waals surface area (Å²) in [5, 5.41) is 3.82. The molecule has 2 rings (SSSR count). The Morgan fingerprint density at radius 2 is 2.06 bits per heavy atom. The van der Waals surface area contributed by atoms with Gasteiger partial charge in [-0.1, -0.05) is 23.7 Å². The van der Waals surface area contributed by atoms with E-state index in [1.54, 1.807) is 12.3 Å². The molecule has 0 radical (unpaired) electrons. The van der Waals surface area contributed by atoms with E-state index < -0.39 is 0 Å². The lowest BCUT2D eigenvalue weighted by molar-refractivity contribution is 0.112. The highest BCUT2D eigenvalue weighted by molar-refractivity contribution is 9.10. The molecule has 0 aliphatic rings. The summed E-state index contributed by atoms with van der Waals surface area (Å²) in [4.78, 5) is 15.1. The van der Waals surface area contributed by atoms with E-state index in [4.69, 9.17) is 11.6 Å². The van der Waals surface area contributed by atoms with Gasteiger partial charge in [0, 0.05) is 22.2 Å². The zero-order valence-electron chi connectivity index (χ0n) is 9.36. The Kier molecular flexibility index (Phi) is 4.33. The van der Waals surface area contributed by atoms with Crippen molar-refractivity contribution in [3.05, 3.63) is 57.2 Å². The highest BCUT2D eigenvalue weighted by Gasteiger charge is 2.03. The van der Waals surface area contributed by atoms with E-state index in [1.807, 2.05) is 24.3 Å². The topological polar surface area (TPSA) is 42.0 Å². The lowest BCUT2D eigenvalue weighted by Gasteiger charge is -2.08. The van der Waals surface area contributed by atoms with Gasteiger partial charge in [0.15, 0.2) is 6.29 Å². The van der Waals surface area contributed by atoms with Crippen molar-refractivity contribution in [3.8, 4) is 0 Å². The molecule has 0 saturated heterocycles. The average Bonchev–Trinajstić information content (AvgIpc) is 2.39. The molecule has 5 heteroatoms. The summed E-state index contributed by atoms with van der Waals surface area (Å²) in [6, 6.07) is 9.23. The molecule has 0 saturated carbocycles. The van der Waals surface area contributed by atoms with Crippen LogP contribution in [0, 0.1) is 0 Å². The van der Waals surface area contributed by atoms with Crippen LogP contribution in [0.1, 0.15) is 15.9 Å². The molecule has 1 N–H and O–H groups in total. The van der Waals surface area contributed by atoms with Crippen molar-refractivity contribution < 1.29 is 4.79 Å². The Labute approximate surface area is 118 Å². The number of carbonyl (C=O) groups excluding carboxylic acids is 1. The molecule has 1 aromatic heterocycles. The van der Waals surface area contributed by atoms with E-state index in [2.05, 4.69) is 26.2 Å². The third-order valence-electron chi connectivity index (χ3n) is 2.38. The van der Waals surface area contributed by atoms with Crippen LogP contribution in [0.15, 0.2) is 41.0 Å². The predicted octanol–water partition coefficient (Wildman–Crippen LogP) is 3.92. The van der Waals surface area contributed by atoms with Crippen LogP contribution < -0.4 is 5.32 Å². The highest BCUT2D eigenvalue weighted by Crippen LogP contribution is 2.17. The van der Waals surface area contributed by atoms with Crippen molar-refractivity contribution in [1.82, 2.24) is 4.98 Å². The zero-order chi connectivity index (χ0) is 13.0. The number of benzene rings is 1. The fraction of sp³-hybridized carbons (Fsp3) is 0.0769. The monoisotopic (exact) mass is 324 g/mol. The smallest absolute Gasteiger partial charge is 0.153 e. The first-order valence-electron chi connectivity index (χ1n) is 5.28. The number of carbonyl (C=O) groups is 1. The molecule has 0 aliphatic carbocycles. The Hall–Kier alpha value is -1.39. The molecule has 0 fully saturated rings. The first kappa shape index (κ1) is 13.1. The van der Waals surface area contributed by atoms with E-state index >= 15 is 0 Å². The Bertz CT molecular complexity index is 557. The molecular formula is C13H10BrClN2O. The largest absolute Gasteiger partial charge is 0.365 e. The van der Waals surface area contributed by atoms with Gasteiger partial charge in [-0.15, -0.1) is 0 Å². The van der Waals surface area contributed by atoms with Gasteiger partial charge in [-0.05, 0) is 39.7 Å². The molecule has 92 valence electrons. The van der Waals surface area contributed by atoms with Crippen LogP contribution >= 0.6 is 27.5 Å². The molecule has 0 bridgehead atoms. The molecule has 0 unspecified atom stereocenters. The Morgan fingerprint density at radius 1 is 1.33 bits per heavy atom. The van der Waals surface area contributed by atoms with Gasteiger partial charge in [0.25, 0.3) is 0 Å². The summed E-state index contributed by atoms with van der Waals surface area (Å²) in [5.74, 6) is 0.572. The van der Waals surface area contributed by atoms with Crippen LogP contribution in [-0.2, 0) is 6.54 Å².